The summed E-state index contributed by atoms with van der Waals surface area (Å²) in [6.07, 6.45) is 4.38. The summed E-state index contributed by atoms with van der Waals surface area (Å²) in [5, 5.41) is 3.13. The van der Waals surface area contributed by atoms with Crippen molar-refractivity contribution in [3.05, 3.63) is 30.3 Å². The fourth-order valence-electron chi connectivity index (χ4n) is 2.92. The number of carbonyl (C=O) groups excluding carboxylic acids is 1. The van der Waals surface area contributed by atoms with Crippen molar-refractivity contribution in [1.82, 2.24) is 10.2 Å². The van der Waals surface area contributed by atoms with Crippen molar-refractivity contribution in [2.75, 3.05) is 13.1 Å². The molecule has 1 heterocycles. The molecule has 114 valence electrons. The molecule has 0 aromatic heterocycles. The summed E-state index contributed by atoms with van der Waals surface area (Å²) < 4.78 is 5.66. The second kappa shape index (κ2) is 6.48. The lowest BCUT2D eigenvalue weighted by atomic mass is 10.0. The van der Waals surface area contributed by atoms with Crippen LogP contribution in [0.4, 0.5) is 0 Å². The molecule has 2 aliphatic rings. The van der Waals surface area contributed by atoms with Gasteiger partial charge in [-0.1, -0.05) is 18.2 Å². The maximum absolute atomic E-state index is 12.2. The van der Waals surface area contributed by atoms with Crippen molar-refractivity contribution in [3.63, 3.8) is 0 Å². The first-order valence-electron chi connectivity index (χ1n) is 7.98. The molecule has 1 amide bonds. The fourth-order valence-corrected chi connectivity index (χ4v) is 2.92. The van der Waals surface area contributed by atoms with E-state index in [-0.39, 0.29) is 5.91 Å². The number of para-hydroxylation sites is 1. The SMILES string of the molecule is CC(Oc1ccccc1)C(=O)NC1CCN(C2CC2)CC1. The lowest BCUT2D eigenvalue weighted by molar-refractivity contribution is -0.128. The van der Waals surface area contributed by atoms with Crippen LogP contribution in [0.15, 0.2) is 30.3 Å². The molecule has 3 rings (SSSR count). The number of amides is 1. The van der Waals surface area contributed by atoms with Gasteiger partial charge in [0.2, 0.25) is 0 Å². The highest BCUT2D eigenvalue weighted by molar-refractivity contribution is 5.81. The van der Waals surface area contributed by atoms with E-state index in [0.29, 0.717) is 6.04 Å². The van der Waals surface area contributed by atoms with E-state index in [0.717, 1.165) is 37.7 Å². The van der Waals surface area contributed by atoms with Crippen LogP contribution in [0.25, 0.3) is 0 Å². The Hall–Kier alpha value is -1.55. The molecule has 1 saturated carbocycles. The Morgan fingerprint density at radius 1 is 1.19 bits per heavy atom. The molecular weight excluding hydrogens is 264 g/mol. The van der Waals surface area contributed by atoms with Gasteiger partial charge in [-0.3, -0.25) is 4.79 Å². The third kappa shape index (κ3) is 3.97. The van der Waals surface area contributed by atoms with Crippen molar-refractivity contribution in [2.45, 2.75) is 50.8 Å². The van der Waals surface area contributed by atoms with Gasteiger partial charge in [-0.25, -0.2) is 0 Å². The van der Waals surface area contributed by atoms with Crippen LogP contribution in [0.2, 0.25) is 0 Å². The first-order chi connectivity index (χ1) is 10.2. The van der Waals surface area contributed by atoms with Crippen molar-refractivity contribution >= 4 is 5.91 Å². The van der Waals surface area contributed by atoms with E-state index in [1.54, 1.807) is 0 Å². The molecule has 0 radical (unpaired) electrons. The Labute approximate surface area is 126 Å². The van der Waals surface area contributed by atoms with Crippen LogP contribution in [-0.4, -0.2) is 42.1 Å². The molecule has 1 aliphatic heterocycles. The van der Waals surface area contributed by atoms with E-state index >= 15 is 0 Å². The highest BCUT2D eigenvalue weighted by atomic mass is 16.5. The van der Waals surface area contributed by atoms with Crippen LogP contribution >= 0.6 is 0 Å². The molecule has 21 heavy (non-hydrogen) atoms. The second-order valence-corrected chi connectivity index (χ2v) is 6.12. The number of benzene rings is 1. The summed E-state index contributed by atoms with van der Waals surface area (Å²) in [5.74, 6) is 0.729. The maximum Gasteiger partial charge on any atom is 0.260 e. The molecule has 0 bridgehead atoms. The van der Waals surface area contributed by atoms with Crippen molar-refractivity contribution in [3.8, 4) is 5.75 Å². The number of likely N-dealkylation sites (tertiary alicyclic amines) is 1. The highest BCUT2D eigenvalue weighted by Gasteiger charge is 2.32. The molecule has 1 aromatic rings. The molecule has 1 aromatic carbocycles. The number of rotatable bonds is 5. The number of hydrogen-bond acceptors (Lipinski definition) is 3. The fraction of sp³-hybridized carbons (Fsp3) is 0.588. The summed E-state index contributed by atoms with van der Waals surface area (Å²) in [7, 11) is 0. The molecule has 1 atom stereocenters. The Morgan fingerprint density at radius 2 is 1.86 bits per heavy atom. The summed E-state index contributed by atoms with van der Waals surface area (Å²) in [6.45, 7) is 4.04. The Balaban J connectivity index is 1.43. The average molecular weight is 288 g/mol. The van der Waals surface area contributed by atoms with Gasteiger partial charge in [0.15, 0.2) is 6.10 Å². The van der Waals surface area contributed by atoms with Gasteiger partial charge in [-0.15, -0.1) is 0 Å². The zero-order chi connectivity index (χ0) is 14.7. The largest absolute Gasteiger partial charge is 0.481 e. The van der Waals surface area contributed by atoms with Crippen LogP contribution in [0, 0.1) is 0 Å². The lowest BCUT2D eigenvalue weighted by Crippen LogP contribution is -2.48. The van der Waals surface area contributed by atoms with Gasteiger partial charge in [0.05, 0.1) is 0 Å². The predicted molar refractivity (Wildman–Crippen MR) is 82.3 cm³/mol. The molecule has 4 nitrogen and oxygen atoms in total. The highest BCUT2D eigenvalue weighted by Crippen LogP contribution is 2.29. The van der Waals surface area contributed by atoms with Gasteiger partial charge in [-0.05, 0) is 44.7 Å². The average Bonchev–Trinajstić information content (AvgIpc) is 3.34. The van der Waals surface area contributed by atoms with Gasteiger partial charge in [0, 0.05) is 25.2 Å². The quantitative estimate of drug-likeness (QED) is 0.903. The molecule has 2 fully saturated rings. The van der Waals surface area contributed by atoms with Crippen LogP contribution in [-0.2, 0) is 4.79 Å². The standard InChI is InChI=1S/C17H24N2O2/c1-13(21-16-5-3-2-4-6-16)17(20)18-14-9-11-19(12-10-14)15-7-8-15/h2-6,13-15H,7-12H2,1H3,(H,18,20). The van der Waals surface area contributed by atoms with Gasteiger partial charge in [0.1, 0.15) is 5.75 Å². The topological polar surface area (TPSA) is 41.6 Å². The first kappa shape index (κ1) is 14.4. The summed E-state index contributed by atoms with van der Waals surface area (Å²) >= 11 is 0. The lowest BCUT2D eigenvalue weighted by Gasteiger charge is -2.32. The Morgan fingerprint density at radius 3 is 2.48 bits per heavy atom. The number of ether oxygens (including phenoxy) is 1. The third-order valence-corrected chi connectivity index (χ3v) is 4.36. The summed E-state index contributed by atoms with van der Waals surface area (Å²) in [5.41, 5.74) is 0. The normalized spacial score (nSPS) is 21.8. The molecule has 1 unspecified atom stereocenters. The van der Waals surface area contributed by atoms with E-state index in [2.05, 4.69) is 10.2 Å². The summed E-state index contributed by atoms with van der Waals surface area (Å²) in [6, 6.07) is 10.6. The van der Waals surface area contributed by atoms with E-state index in [1.807, 2.05) is 37.3 Å². The Kier molecular flexibility index (Phi) is 4.44. The van der Waals surface area contributed by atoms with Gasteiger partial charge in [-0.2, -0.15) is 0 Å². The minimum Gasteiger partial charge on any atom is -0.481 e. The molecule has 1 N–H and O–H groups in total. The minimum atomic E-state index is -0.450. The molecule has 4 heteroatoms. The molecular formula is C17H24N2O2. The third-order valence-electron chi connectivity index (χ3n) is 4.36. The van der Waals surface area contributed by atoms with Crippen molar-refractivity contribution in [1.29, 1.82) is 0 Å². The zero-order valence-electron chi connectivity index (χ0n) is 12.6. The van der Waals surface area contributed by atoms with Crippen LogP contribution in [0.5, 0.6) is 5.75 Å². The summed E-state index contributed by atoms with van der Waals surface area (Å²) in [4.78, 5) is 14.8. The Bertz CT molecular complexity index is 465. The molecule has 1 aliphatic carbocycles. The molecule has 1 saturated heterocycles. The van der Waals surface area contributed by atoms with E-state index in [1.165, 1.54) is 12.8 Å². The number of nitrogens with one attached hydrogen (secondary N) is 1. The van der Waals surface area contributed by atoms with Gasteiger partial charge < -0.3 is 15.0 Å². The number of carbonyl (C=O) groups is 1. The minimum absolute atomic E-state index is 0.0104. The predicted octanol–water partition coefficient (Wildman–Crippen LogP) is 2.20. The first-order valence-corrected chi connectivity index (χ1v) is 7.98. The van der Waals surface area contributed by atoms with Crippen LogP contribution in [0.1, 0.15) is 32.6 Å². The monoisotopic (exact) mass is 288 g/mol. The van der Waals surface area contributed by atoms with Gasteiger partial charge in [0.25, 0.3) is 5.91 Å². The van der Waals surface area contributed by atoms with Gasteiger partial charge >= 0.3 is 0 Å². The second-order valence-electron chi connectivity index (χ2n) is 6.12. The smallest absolute Gasteiger partial charge is 0.260 e. The van der Waals surface area contributed by atoms with Crippen molar-refractivity contribution < 1.29 is 9.53 Å². The zero-order valence-corrected chi connectivity index (χ0v) is 12.6. The maximum atomic E-state index is 12.2. The van der Waals surface area contributed by atoms with Crippen LogP contribution < -0.4 is 10.1 Å². The van der Waals surface area contributed by atoms with E-state index in [9.17, 15) is 4.79 Å². The van der Waals surface area contributed by atoms with E-state index < -0.39 is 6.10 Å². The number of nitrogens with zero attached hydrogens (tertiary/aromatic N) is 1. The number of hydrogen-bond donors (Lipinski definition) is 1. The number of piperidine rings is 1. The molecule has 0 spiro atoms. The van der Waals surface area contributed by atoms with E-state index in [4.69, 9.17) is 4.74 Å². The van der Waals surface area contributed by atoms with Crippen LogP contribution in [0.3, 0.4) is 0 Å². The van der Waals surface area contributed by atoms with Crippen molar-refractivity contribution in [2.24, 2.45) is 0 Å².